The summed E-state index contributed by atoms with van der Waals surface area (Å²) < 4.78 is 5.54. The molecule has 0 aliphatic carbocycles. The van der Waals surface area contributed by atoms with Gasteiger partial charge in [0.05, 0.1) is 18.0 Å². The normalized spacial score (nSPS) is 12.5. The number of hydrogen-bond acceptors (Lipinski definition) is 3. The summed E-state index contributed by atoms with van der Waals surface area (Å²) >= 11 is 1.76. The Bertz CT molecular complexity index is 604. The van der Waals surface area contributed by atoms with Crippen molar-refractivity contribution in [3.05, 3.63) is 50.2 Å². The number of benzene rings is 1. The fraction of sp³-hybridized carbons (Fsp3) is 0.444. The van der Waals surface area contributed by atoms with Gasteiger partial charge in [0.25, 0.3) is 0 Å². The molecule has 1 atom stereocenters. The first-order chi connectivity index (χ1) is 10.0. The summed E-state index contributed by atoms with van der Waals surface area (Å²) in [7, 11) is 1.75. The zero-order valence-electron chi connectivity index (χ0n) is 13.8. The molecule has 2 rings (SSSR count). The minimum Gasteiger partial charge on any atom is -0.496 e. The lowest BCUT2D eigenvalue weighted by molar-refractivity contribution is 0.407. The van der Waals surface area contributed by atoms with Crippen molar-refractivity contribution in [2.75, 3.05) is 13.7 Å². The van der Waals surface area contributed by atoms with Gasteiger partial charge in [0.2, 0.25) is 0 Å². The number of hydrogen-bond donors (Lipinski definition) is 1. The lowest BCUT2D eigenvalue weighted by Crippen LogP contribution is -2.24. The molecule has 0 spiro atoms. The summed E-state index contributed by atoms with van der Waals surface area (Å²) in [5.41, 5.74) is 6.85. The Hall–Kier alpha value is -1.32. The molecule has 0 amide bonds. The van der Waals surface area contributed by atoms with Crippen LogP contribution in [0.25, 0.3) is 0 Å². The van der Waals surface area contributed by atoms with Crippen LogP contribution in [0.5, 0.6) is 5.75 Å². The van der Waals surface area contributed by atoms with Crippen LogP contribution in [0.2, 0.25) is 0 Å². The van der Waals surface area contributed by atoms with Crippen molar-refractivity contribution in [1.82, 2.24) is 5.32 Å². The molecule has 1 heterocycles. The maximum atomic E-state index is 5.54. The fourth-order valence-electron chi connectivity index (χ4n) is 2.90. The van der Waals surface area contributed by atoms with Gasteiger partial charge in [-0.1, -0.05) is 13.0 Å². The van der Waals surface area contributed by atoms with Gasteiger partial charge in [-0.25, -0.2) is 0 Å². The van der Waals surface area contributed by atoms with Gasteiger partial charge in [-0.05, 0) is 73.5 Å². The second-order valence-corrected chi connectivity index (χ2v) is 6.47. The third-order valence-electron chi connectivity index (χ3n) is 4.26. The van der Waals surface area contributed by atoms with Crippen LogP contribution in [-0.4, -0.2) is 13.7 Å². The van der Waals surface area contributed by atoms with E-state index >= 15 is 0 Å². The molecule has 0 saturated heterocycles. The summed E-state index contributed by atoms with van der Waals surface area (Å²) in [6.07, 6.45) is 0. The Morgan fingerprint density at radius 2 is 1.76 bits per heavy atom. The zero-order chi connectivity index (χ0) is 15.6. The average Bonchev–Trinajstić information content (AvgIpc) is 2.92. The highest BCUT2D eigenvalue weighted by Gasteiger charge is 2.23. The van der Waals surface area contributed by atoms with Crippen LogP contribution >= 0.6 is 11.3 Å². The third kappa shape index (κ3) is 2.99. The molecule has 0 fully saturated rings. The van der Waals surface area contributed by atoms with Crippen molar-refractivity contribution in [2.24, 2.45) is 0 Å². The number of methoxy groups -OCH3 is 1. The van der Waals surface area contributed by atoms with E-state index < -0.39 is 0 Å². The number of rotatable bonds is 5. The van der Waals surface area contributed by atoms with Crippen molar-refractivity contribution in [1.29, 1.82) is 0 Å². The molecular weight excluding hydrogens is 278 g/mol. The van der Waals surface area contributed by atoms with Crippen LogP contribution in [0.4, 0.5) is 0 Å². The highest BCUT2D eigenvalue weighted by molar-refractivity contribution is 7.10. The van der Waals surface area contributed by atoms with E-state index in [0.717, 1.165) is 12.3 Å². The first kappa shape index (κ1) is 16.1. The van der Waals surface area contributed by atoms with Crippen molar-refractivity contribution in [3.8, 4) is 5.75 Å². The molecule has 0 aliphatic heterocycles. The molecular formula is C18H25NOS. The average molecular weight is 303 g/mol. The van der Waals surface area contributed by atoms with Crippen LogP contribution < -0.4 is 10.1 Å². The van der Waals surface area contributed by atoms with Gasteiger partial charge >= 0.3 is 0 Å². The smallest absolute Gasteiger partial charge is 0.134 e. The summed E-state index contributed by atoms with van der Waals surface area (Å²) in [6, 6.07) is 4.53. The summed E-state index contributed by atoms with van der Waals surface area (Å²) in [6.45, 7) is 11.9. The largest absolute Gasteiger partial charge is 0.496 e. The second kappa shape index (κ2) is 6.63. The van der Waals surface area contributed by atoms with Crippen molar-refractivity contribution in [3.63, 3.8) is 0 Å². The molecule has 2 aromatic rings. The molecule has 0 radical (unpaired) electrons. The monoisotopic (exact) mass is 303 g/mol. The molecule has 21 heavy (non-hydrogen) atoms. The quantitative estimate of drug-likeness (QED) is 0.865. The molecule has 2 nitrogen and oxygen atoms in total. The van der Waals surface area contributed by atoms with Gasteiger partial charge < -0.3 is 10.1 Å². The van der Waals surface area contributed by atoms with E-state index in [2.05, 4.69) is 57.4 Å². The highest BCUT2D eigenvalue weighted by Crippen LogP contribution is 2.38. The Kier molecular flexibility index (Phi) is 5.07. The molecule has 1 aromatic heterocycles. The SMILES string of the molecule is CCNC(c1sccc1OC)c1c(C)c(C)cc(C)c1C. The Morgan fingerprint density at radius 1 is 1.14 bits per heavy atom. The first-order valence-corrected chi connectivity index (χ1v) is 8.31. The predicted molar refractivity (Wildman–Crippen MR) is 91.8 cm³/mol. The molecule has 114 valence electrons. The van der Waals surface area contributed by atoms with Gasteiger partial charge in [0, 0.05) is 0 Å². The van der Waals surface area contributed by atoms with Crippen molar-refractivity contribution in [2.45, 2.75) is 40.7 Å². The zero-order valence-corrected chi connectivity index (χ0v) is 14.6. The lowest BCUT2D eigenvalue weighted by atomic mass is 9.89. The maximum absolute atomic E-state index is 5.54. The summed E-state index contributed by atoms with van der Waals surface area (Å²) in [5, 5.41) is 5.75. The van der Waals surface area contributed by atoms with Crippen molar-refractivity contribution >= 4 is 11.3 Å². The number of thiophene rings is 1. The third-order valence-corrected chi connectivity index (χ3v) is 5.22. The first-order valence-electron chi connectivity index (χ1n) is 7.43. The standard InChI is InChI=1S/C18H25NOS/c1-7-19-17(18-15(20-6)8-9-21-18)16-13(4)11(2)10-12(3)14(16)5/h8-10,17,19H,7H2,1-6H3. The van der Waals surface area contributed by atoms with Crippen molar-refractivity contribution < 1.29 is 4.74 Å². The van der Waals surface area contributed by atoms with Gasteiger partial charge in [-0.15, -0.1) is 11.3 Å². The maximum Gasteiger partial charge on any atom is 0.134 e. The Morgan fingerprint density at radius 3 is 2.29 bits per heavy atom. The lowest BCUT2D eigenvalue weighted by Gasteiger charge is -2.25. The van der Waals surface area contributed by atoms with Gasteiger partial charge in [-0.2, -0.15) is 0 Å². The van der Waals surface area contributed by atoms with E-state index in [-0.39, 0.29) is 6.04 Å². The predicted octanol–water partition coefficient (Wildman–Crippen LogP) is 4.69. The van der Waals surface area contributed by atoms with E-state index in [9.17, 15) is 0 Å². The van der Waals surface area contributed by atoms with E-state index in [0.29, 0.717) is 0 Å². The van der Waals surface area contributed by atoms with Crippen LogP contribution in [0.15, 0.2) is 17.5 Å². The second-order valence-electron chi connectivity index (χ2n) is 5.52. The number of nitrogens with one attached hydrogen (secondary N) is 1. The number of aryl methyl sites for hydroxylation is 2. The molecule has 1 unspecified atom stereocenters. The molecule has 1 N–H and O–H groups in total. The molecule has 1 aromatic carbocycles. The molecule has 3 heteroatoms. The van der Waals surface area contributed by atoms with E-state index in [4.69, 9.17) is 4.74 Å². The van der Waals surface area contributed by atoms with E-state index in [1.807, 2.05) is 0 Å². The highest BCUT2D eigenvalue weighted by atomic mass is 32.1. The van der Waals surface area contributed by atoms with Crippen LogP contribution in [0.3, 0.4) is 0 Å². The summed E-state index contributed by atoms with van der Waals surface area (Å²) in [5.74, 6) is 0.976. The Labute approximate surface area is 132 Å². The van der Waals surface area contributed by atoms with Gasteiger partial charge in [-0.3, -0.25) is 0 Å². The molecule has 0 saturated carbocycles. The van der Waals surface area contributed by atoms with Crippen LogP contribution in [0, 0.1) is 27.7 Å². The molecule has 0 bridgehead atoms. The minimum absolute atomic E-state index is 0.198. The minimum atomic E-state index is 0.198. The van der Waals surface area contributed by atoms with E-state index in [1.54, 1.807) is 18.4 Å². The van der Waals surface area contributed by atoms with Gasteiger partial charge in [0.15, 0.2) is 0 Å². The Balaban J connectivity index is 2.64. The van der Waals surface area contributed by atoms with Crippen LogP contribution in [0.1, 0.15) is 45.7 Å². The van der Waals surface area contributed by atoms with Gasteiger partial charge in [0.1, 0.15) is 5.75 Å². The topological polar surface area (TPSA) is 21.3 Å². The number of ether oxygens (including phenoxy) is 1. The molecule has 0 aliphatic rings. The fourth-order valence-corrected chi connectivity index (χ4v) is 3.84. The summed E-state index contributed by atoms with van der Waals surface area (Å²) in [4.78, 5) is 1.26. The van der Waals surface area contributed by atoms with E-state index in [1.165, 1.54) is 32.7 Å². The van der Waals surface area contributed by atoms with Crippen LogP contribution in [-0.2, 0) is 0 Å².